The molecule has 0 bridgehead atoms. The third kappa shape index (κ3) is 3.12. The van der Waals surface area contributed by atoms with Crippen LogP contribution < -0.4 is 5.73 Å². The SMILES string of the molecule is COC(=O)C1=C/N(C)CCC/C(C(N)=O)=C\1. The third-order valence-corrected chi connectivity index (χ3v) is 2.38. The molecule has 5 nitrogen and oxygen atoms in total. The van der Waals surface area contributed by atoms with Crippen LogP contribution >= 0.6 is 0 Å². The highest BCUT2D eigenvalue weighted by Crippen LogP contribution is 2.14. The molecular weight excluding hydrogens is 208 g/mol. The van der Waals surface area contributed by atoms with Crippen molar-refractivity contribution in [1.82, 2.24) is 4.90 Å². The summed E-state index contributed by atoms with van der Waals surface area (Å²) >= 11 is 0. The van der Waals surface area contributed by atoms with Crippen LogP contribution in [-0.4, -0.2) is 37.5 Å². The van der Waals surface area contributed by atoms with Crippen LogP contribution in [0.5, 0.6) is 0 Å². The largest absolute Gasteiger partial charge is 0.465 e. The van der Waals surface area contributed by atoms with Gasteiger partial charge in [0.1, 0.15) is 0 Å². The first-order chi connectivity index (χ1) is 7.54. The van der Waals surface area contributed by atoms with E-state index >= 15 is 0 Å². The Morgan fingerprint density at radius 2 is 2.19 bits per heavy atom. The maximum absolute atomic E-state index is 11.4. The maximum atomic E-state index is 11.4. The number of carbonyl (C=O) groups is 2. The number of hydrogen-bond donors (Lipinski definition) is 1. The molecule has 0 aromatic heterocycles. The highest BCUT2D eigenvalue weighted by molar-refractivity contribution is 5.97. The van der Waals surface area contributed by atoms with E-state index in [1.165, 1.54) is 13.2 Å². The van der Waals surface area contributed by atoms with Gasteiger partial charge in [-0.05, 0) is 18.9 Å². The number of nitrogens with two attached hydrogens (primary N) is 1. The number of hydrogen-bond acceptors (Lipinski definition) is 4. The molecule has 0 saturated carbocycles. The number of rotatable bonds is 2. The van der Waals surface area contributed by atoms with Gasteiger partial charge in [-0.1, -0.05) is 0 Å². The van der Waals surface area contributed by atoms with Crippen LogP contribution in [0.2, 0.25) is 0 Å². The van der Waals surface area contributed by atoms with Gasteiger partial charge in [0.15, 0.2) is 0 Å². The molecule has 2 N–H and O–H groups in total. The van der Waals surface area contributed by atoms with Crippen LogP contribution in [0.15, 0.2) is 23.4 Å². The number of nitrogens with zero attached hydrogens (tertiary/aromatic N) is 1. The molecule has 0 spiro atoms. The molecule has 1 aliphatic heterocycles. The fraction of sp³-hybridized carbons (Fsp3) is 0.455. The maximum Gasteiger partial charge on any atom is 0.339 e. The summed E-state index contributed by atoms with van der Waals surface area (Å²) in [5.41, 5.74) is 6.03. The van der Waals surface area contributed by atoms with Crippen LogP contribution in [0.1, 0.15) is 12.8 Å². The van der Waals surface area contributed by atoms with Crippen molar-refractivity contribution < 1.29 is 14.3 Å². The number of ether oxygens (including phenoxy) is 1. The second-order valence-corrected chi connectivity index (χ2v) is 3.69. The van der Waals surface area contributed by atoms with E-state index in [1.54, 1.807) is 6.20 Å². The van der Waals surface area contributed by atoms with Gasteiger partial charge in [0, 0.05) is 25.4 Å². The molecule has 0 unspecified atom stereocenters. The highest BCUT2D eigenvalue weighted by atomic mass is 16.5. The molecule has 1 rings (SSSR count). The van der Waals surface area contributed by atoms with Gasteiger partial charge in [-0.3, -0.25) is 4.79 Å². The molecule has 0 atom stereocenters. The lowest BCUT2D eigenvalue weighted by molar-refractivity contribution is -0.135. The summed E-state index contributed by atoms with van der Waals surface area (Å²) in [6, 6.07) is 0. The second-order valence-electron chi connectivity index (χ2n) is 3.69. The Bertz CT molecular complexity index is 358. The Balaban J connectivity index is 3.05. The van der Waals surface area contributed by atoms with E-state index in [1.807, 2.05) is 11.9 Å². The van der Waals surface area contributed by atoms with Crippen molar-refractivity contribution in [2.75, 3.05) is 20.7 Å². The van der Waals surface area contributed by atoms with Crippen molar-refractivity contribution in [1.29, 1.82) is 0 Å². The summed E-state index contributed by atoms with van der Waals surface area (Å²) in [5, 5.41) is 0. The molecule has 1 amide bonds. The quantitative estimate of drug-likeness (QED) is 0.679. The second kappa shape index (κ2) is 5.34. The molecule has 1 aliphatic rings. The van der Waals surface area contributed by atoms with Gasteiger partial charge in [0.05, 0.1) is 12.7 Å². The Kier molecular flexibility index (Phi) is 4.10. The van der Waals surface area contributed by atoms with Crippen LogP contribution in [0.3, 0.4) is 0 Å². The fourth-order valence-electron chi connectivity index (χ4n) is 1.54. The highest BCUT2D eigenvalue weighted by Gasteiger charge is 2.15. The molecule has 0 radical (unpaired) electrons. The van der Waals surface area contributed by atoms with Gasteiger partial charge in [-0.15, -0.1) is 0 Å². The summed E-state index contributed by atoms with van der Waals surface area (Å²) in [6.07, 6.45) is 4.57. The number of primary amides is 1. The molecule has 88 valence electrons. The van der Waals surface area contributed by atoms with E-state index in [0.717, 1.165) is 13.0 Å². The predicted octanol–water partition coefficient (Wildman–Crippen LogP) is 0.181. The van der Waals surface area contributed by atoms with Crippen LogP contribution in [0, 0.1) is 0 Å². The van der Waals surface area contributed by atoms with Crippen LogP contribution in [-0.2, 0) is 14.3 Å². The number of esters is 1. The normalized spacial score (nSPS) is 23.2. The first kappa shape index (κ1) is 12.3. The summed E-state index contributed by atoms with van der Waals surface area (Å²) in [5.74, 6) is -0.952. The Morgan fingerprint density at radius 1 is 1.50 bits per heavy atom. The monoisotopic (exact) mass is 224 g/mol. The summed E-state index contributed by atoms with van der Waals surface area (Å²) < 4.78 is 4.63. The summed E-state index contributed by atoms with van der Waals surface area (Å²) in [6.45, 7) is 0.769. The van der Waals surface area contributed by atoms with Crippen molar-refractivity contribution in [2.45, 2.75) is 12.8 Å². The van der Waals surface area contributed by atoms with E-state index in [-0.39, 0.29) is 0 Å². The minimum absolute atomic E-state index is 0.346. The van der Waals surface area contributed by atoms with Crippen LogP contribution in [0.25, 0.3) is 0 Å². The Morgan fingerprint density at radius 3 is 2.75 bits per heavy atom. The van der Waals surface area contributed by atoms with Gasteiger partial charge in [0.25, 0.3) is 0 Å². The standard InChI is InChI=1S/C11H16N2O3/c1-13-5-3-4-8(10(12)14)6-9(7-13)11(15)16-2/h6-7H,3-5H2,1-2H3,(H2,12,14)/b8-6+,9-7+. The summed E-state index contributed by atoms with van der Waals surface area (Å²) in [4.78, 5) is 24.4. The lowest BCUT2D eigenvalue weighted by Crippen LogP contribution is -2.21. The number of methoxy groups -OCH3 is 1. The molecule has 0 aromatic rings. The van der Waals surface area contributed by atoms with Crippen molar-refractivity contribution in [3.8, 4) is 0 Å². The number of amides is 1. The van der Waals surface area contributed by atoms with E-state index in [2.05, 4.69) is 4.74 Å². The molecule has 5 heteroatoms. The van der Waals surface area contributed by atoms with Crippen molar-refractivity contribution in [3.05, 3.63) is 23.4 Å². The smallest absolute Gasteiger partial charge is 0.339 e. The third-order valence-electron chi connectivity index (χ3n) is 2.38. The van der Waals surface area contributed by atoms with Crippen molar-refractivity contribution in [2.24, 2.45) is 5.73 Å². The van der Waals surface area contributed by atoms with Crippen molar-refractivity contribution in [3.63, 3.8) is 0 Å². The molecule has 0 aromatic carbocycles. The first-order valence-corrected chi connectivity index (χ1v) is 5.05. The van der Waals surface area contributed by atoms with Gasteiger partial charge >= 0.3 is 5.97 Å². The van der Waals surface area contributed by atoms with E-state index in [9.17, 15) is 9.59 Å². The lowest BCUT2D eigenvalue weighted by Gasteiger charge is -2.18. The summed E-state index contributed by atoms with van der Waals surface area (Å²) in [7, 11) is 3.17. The molecule has 0 aliphatic carbocycles. The molecule has 1 heterocycles. The minimum atomic E-state index is -0.487. The van der Waals surface area contributed by atoms with Crippen LogP contribution in [0.4, 0.5) is 0 Å². The zero-order chi connectivity index (χ0) is 12.1. The zero-order valence-electron chi connectivity index (χ0n) is 9.53. The van der Waals surface area contributed by atoms with E-state index in [4.69, 9.17) is 5.73 Å². The number of carbonyl (C=O) groups excluding carboxylic acids is 2. The molecule has 0 saturated heterocycles. The van der Waals surface area contributed by atoms with E-state index < -0.39 is 11.9 Å². The first-order valence-electron chi connectivity index (χ1n) is 5.05. The molecule has 16 heavy (non-hydrogen) atoms. The Labute approximate surface area is 94.5 Å². The average molecular weight is 224 g/mol. The fourth-order valence-corrected chi connectivity index (χ4v) is 1.54. The molecule has 0 fully saturated rings. The topological polar surface area (TPSA) is 72.6 Å². The average Bonchev–Trinajstić information content (AvgIpc) is 2.21. The zero-order valence-corrected chi connectivity index (χ0v) is 9.53. The van der Waals surface area contributed by atoms with Crippen molar-refractivity contribution >= 4 is 11.9 Å². The van der Waals surface area contributed by atoms with Gasteiger partial charge in [0.2, 0.25) is 5.91 Å². The van der Waals surface area contributed by atoms with E-state index in [0.29, 0.717) is 17.6 Å². The predicted molar refractivity (Wildman–Crippen MR) is 59.2 cm³/mol. The van der Waals surface area contributed by atoms with Gasteiger partial charge in [-0.2, -0.15) is 0 Å². The Hall–Kier alpha value is -1.78. The van der Waals surface area contributed by atoms with Gasteiger partial charge in [-0.25, -0.2) is 4.79 Å². The molecular formula is C11H16N2O3. The van der Waals surface area contributed by atoms with Gasteiger partial charge < -0.3 is 15.4 Å². The lowest BCUT2D eigenvalue weighted by atomic mass is 10.0. The minimum Gasteiger partial charge on any atom is -0.465 e.